The van der Waals surface area contributed by atoms with E-state index in [0.717, 1.165) is 31.4 Å². The van der Waals surface area contributed by atoms with E-state index in [4.69, 9.17) is 0 Å². The minimum absolute atomic E-state index is 0.0248. The number of hydrogen-bond donors (Lipinski definition) is 0. The van der Waals surface area contributed by atoms with Crippen LogP contribution in [0.3, 0.4) is 0 Å². The van der Waals surface area contributed by atoms with Gasteiger partial charge >= 0.3 is 0 Å². The number of Topliss-reactive ketones (excluding diaryl/α,β-unsaturated/α-hetero) is 2. The Hall–Kier alpha value is -0.0500. The average Bonchev–Trinajstić information content (AvgIpc) is 2.94. The van der Waals surface area contributed by atoms with Gasteiger partial charge in [-0.3, -0.25) is 9.59 Å². The van der Waals surface area contributed by atoms with Crippen molar-refractivity contribution in [2.75, 3.05) is 34.5 Å². The zero-order chi connectivity index (χ0) is 21.0. The van der Waals surface area contributed by atoms with Gasteiger partial charge in [-0.05, 0) is 41.5 Å². The number of rotatable bonds is 7. The van der Waals surface area contributed by atoms with Crippen molar-refractivity contribution in [1.82, 2.24) is 0 Å². The molecule has 2 unspecified atom stereocenters. The molecule has 2 atom stereocenters. The molecule has 28 heavy (non-hydrogen) atoms. The summed E-state index contributed by atoms with van der Waals surface area (Å²) < 4.78 is 32.7. The number of fused-ring (bicyclic) bond motifs is 2. The van der Waals surface area contributed by atoms with Gasteiger partial charge in [0.2, 0.25) is 0 Å². The molecule has 0 spiro atoms. The smallest absolute Gasteiger partial charge is 0.181 e. The van der Waals surface area contributed by atoms with Crippen molar-refractivity contribution >= 4 is 44.3 Å². The molecular formula is C20H34O5S3. The maximum atomic E-state index is 11.8. The third kappa shape index (κ3) is 5.76. The maximum absolute atomic E-state index is 11.8. The Morgan fingerprint density at radius 3 is 2.39 bits per heavy atom. The second-order valence-electron chi connectivity index (χ2n) is 8.79. The van der Waals surface area contributed by atoms with E-state index in [-0.39, 0.29) is 17.1 Å². The van der Waals surface area contributed by atoms with Crippen LogP contribution in [0.1, 0.15) is 59.3 Å². The largest absolute Gasteiger partial charge is 0.748 e. The van der Waals surface area contributed by atoms with Crippen LogP contribution < -0.4 is 0 Å². The molecule has 0 N–H and O–H groups in total. The highest BCUT2D eigenvalue weighted by atomic mass is 32.2. The van der Waals surface area contributed by atoms with Gasteiger partial charge < -0.3 is 4.55 Å². The topological polar surface area (TPSA) is 91.3 Å². The molecule has 5 nitrogen and oxygen atoms in total. The van der Waals surface area contributed by atoms with E-state index in [1.807, 2.05) is 25.6 Å². The molecule has 0 aromatic heterocycles. The summed E-state index contributed by atoms with van der Waals surface area (Å²) in [6, 6.07) is 0. The quantitative estimate of drug-likeness (QED) is 0.437. The van der Waals surface area contributed by atoms with Gasteiger partial charge in [0.15, 0.2) is 11.5 Å². The summed E-state index contributed by atoms with van der Waals surface area (Å²) in [6.07, 6.45) is 4.94. The highest BCUT2D eigenvalue weighted by Crippen LogP contribution is 2.64. The molecule has 3 aliphatic rings. The molecule has 2 saturated carbocycles. The first kappa shape index (κ1) is 24.2. The molecule has 2 bridgehead atoms. The summed E-state index contributed by atoms with van der Waals surface area (Å²) in [5.74, 6) is 6.27. The second-order valence-corrected chi connectivity index (χ2v) is 13.7. The van der Waals surface area contributed by atoms with E-state index in [0.29, 0.717) is 29.5 Å². The lowest BCUT2D eigenvalue weighted by Gasteiger charge is -2.37. The minimum atomic E-state index is -4.33. The molecular weight excluding hydrogens is 416 g/mol. The third-order valence-electron chi connectivity index (χ3n) is 6.77. The minimum Gasteiger partial charge on any atom is -0.748 e. The fraction of sp³-hybridized carbons (Fsp3) is 0.900. The van der Waals surface area contributed by atoms with Crippen molar-refractivity contribution in [3.63, 3.8) is 0 Å². The molecule has 1 saturated heterocycles. The highest BCUT2D eigenvalue weighted by molar-refractivity contribution is 8.05. The molecule has 3 fully saturated rings. The number of unbranched alkanes of at least 4 members (excludes halogenated alkanes) is 1. The summed E-state index contributed by atoms with van der Waals surface area (Å²) >= 11 is 2.04. The Balaban J connectivity index is 0.000000203. The van der Waals surface area contributed by atoms with Crippen LogP contribution in [-0.2, 0) is 30.6 Å². The van der Waals surface area contributed by atoms with E-state index in [2.05, 4.69) is 6.92 Å². The number of carbonyl (C=O) groups excluding carboxylic acids is 2. The lowest BCUT2D eigenvalue weighted by molar-refractivity contribution is -0.128. The van der Waals surface area contributed by atoms with Crippen LogP contribution in [0.5, 0.6) is 0 Å². The van der Waals surface area contributed by atoms with E-state index < -0.39 is 21.3 Å². The van der Waals surface area contributed by atoms with Crippen LogP contribution in [0.15, 0.2) is 0 Å². The summed E-state index contributed by atoms with van der Waals surface area (Å²) in [7, 11) is -3.87. The number of thioether (sulfide) groups is 1. The Morgan fingerprint density at radius 2 is 1.93 bits per heavy atom. The maximum Gasteiger partial charge on any atom is 0.181 e. The molecule has 1 aliphatic heterocycles. The van der Waals surface area contributed by atoms with Crippen molar-refractivity contribution in [3.8, 4) is 0 Å². The Bertz CT molecular complexity index is 667. The molecule has 3 rings (SSSR count). The van der Waals surface area contributed by atoms with Crippen molar-refractivity contribution in [2.45, 2.75) is 59.3 Å². The SMILES string of the molecule is CC1(C)C2CCC1(CS(=O)(=O)[O-])C(=O)C2.CCCCC(=O)C[S+]1CCSCC1. The lowest BCUT2D eigenvalue weighted by atomic mass is 9.70. The van der Waals surface area contributed by atoms with Gasteiger partial charge in [-0.2, -0.15) is 11.8 Å². The first-order valence-electron chi connectivity index (χ1n) is 10.2. The summed E-state index contributed by atoms with van der Waals surface area (Å²) in [5, 5.41) is 0. The number of hydrogen-bond acceptors (Lipinski definition) is 6. The molecule has 162 valence electrons. The fourth-order valence-electron chi connectivity index (χ4n) is 4.79. The zero-order valence-electron chi connectivity index (χ0n) is 17.3. The molecule has 1 heterocycles. The number of carbonyl (C=O) groups is 2. The van der Waals surface area contributed by atoms with E-state index in [1.54, 1.807) is 0 Å². The van der Waals surface area contributed by atoms with Crippen molar-refractivity contribution in [1.29, 1.82) is 0 Å². The van der Waals surface area contributed by atoms with E-state index in [1.165, 1.54) is 23.0 Å². The normalized spacial score (nSPS) is 29.4. The molecule has 0 aromatic rings. The van der Waals surface area contributed by atoms with Crippen LogP contribution in [-0.4, -0.2) is 59.1 Å². The van der Waals surface area contributed by atoms with Crippen molar-refractivity contribution < 1.29 is 22.6 Å². The van der Waals surface area contributed by atoms with Crippen LogP contribution in [0.25, 0.3) is 0 Å². The zero-order valence-corrected chi connectivity index (χ0v) is 19.8. The molecule has 8 heteroatoms. The average molecular weight is 451 g/mol. The van der Waals surface area contributed by atoms with Gasteiger partial charge in [0, 0.05) is 29.8 Å². The predicted octanol–water partition coefficient (Wildman–Crippen LogP) is 3.04. The monoisotopic (exact) mass is 450 g/mol. The lowest BCUT2D eigenvalue weighted by Crippen LogP contribution is -2.42. The van der Waals surface area contributed by atoms with Gasteiger partial charge in [0.1, 0.15) is 17.3 Å². The summed E-state index contributed by atoms with van der Waals surface area (Å²) in [6.45, 7) is 5.98. The van der Waals surface area contributed by atoms with Crippen LogP contribution >= 0.6 is 11.8 Å². The Labute approximate surface area is 177 Å². The second kappa shape index (κ2) is 9.84. The predicted molar refractivity (Wildman–Crippen MR) is 117 cm³/mol. The molecule has 0 aromatic carbocycles. The highest BCUT2D eigenvalue weighted by Gasteiger charge is 2.64. The van der Waals surface area contributed by atoms with Crippen molar-refractivity contribution in [2.24, 2.45) is 16.7 Å². The first-order valence-corrected chi connectivity index (χ1v) is 14.7. The third-order valence-corrected chi connectivity index (χ3v) is 11.4. The van der Waals surface area contributed by atoms with Gasteiger partial charge in [-0.15, -0.1) is 0 Å². The van der Waals surface area contributed by atoms with Crippen LogP contribution in [0, 0.1) is 16.7 Å². The molecule has 0 amide bonds. The first-order chi connectivity index (χ1) is 13.0. The Morgan fingerprint density at radius 1 is 1.29 bits per heavy atom. The standard InChI is InChI=1S/C10H16O4S.C10H19OS2/c1-9(2)7-3-4-10(9,8(11)5-7)6-15(12,13)14;1-2-3-4-10(11)9-13-7-5-12-6-8-13/h7H,3-6H2,1-2H3,(H,12,13,14);2-9H2,1H3/q;+1/p-1. The molecule has 2 aliphatic carbocycles. The summed E-state index contributed by atoms with van der Waals surface area (Å²) in [5.41, 5.74) is -1.22. The van der Waals surface area contributed by atoms with Crippen LogP contribution in [0.2, 0.25) is 0 Å². The van der Waals surface area contributed by atoms with E-state index >= 15 is 0 Å². The molecule has 0 radical (unpaired) electrons. The van der Waals surface area contributed by atoms with E-state index in [9.17, 15) is 22.6 Å². The van der Waals surface area contributed by atoms with Crippen LogP contribution in [0.4, 0.5) is 0 Å². The van der Waals surface area contributed by atoms with Gasteiger partial charge in [-0.1, -0.05) is 27.2 Å². The van der Waals surface area contributed by atoms with Crippen molar-refractivity contribution in [3.05, 3.63) is 0 Å². The van der Waals surface area contributed by atoms with Gasteiger partial charge in [0.05, 0.1) is 15.9 Å². The Kier molecular flexibility index (Phi) is 8.51. The van der Waals surface area contributed by atoms with Gasteiger partial charge in [0.25, 0.3) is 0 Å². The summed E-state index contributed by atoms with van der Waals surface area (Å²) in [4.78, 5) is 23.3. The van der Waals surface area contributed by atoms with Gasteiger partial charge in [-0.25, -0.2) is 8.42 Å². The fourth-order valence-corrected chi connectivity index (χ4v) is 10.2. The number of ketones is 2.